The monoisotopic (exact) mass is 245 g/mol. The van der Waals surface area contributed by atoms with Crippen LogP contribution in [0.25, 0.3) is 10.8 Å². The predicted octanol–water partition coefficient (Wildman–Crippen LogP) is 2.75. The van der Waals surface area contributed by atoms with Crippen LogP contribution in [0.4, 0.5) is 0 Å². The molecule has 2 rings (SSSR count). The van der Waals surface area contributed by atoms with Crippen molar-refractivity contribution in [1.29, 1.82) is 0 Å². The standard InChI is InChI=1S/C15H19NO2/c1-10(16)8-11-4-7-15(18-3)13-6-5-12(17-2)9-14(11)13/h4-7,9-10H,8,16H2,1-3H3. The number of rotatable bonds is 4. The number of methoxy groups -OCH3 is 2. The Hall–Kier alpha value is -1.74. The fraction of sp³-hybridized carbons (Fsp3) is 0.333. The van der Waals surface area contributed by atoms with Crippen molar-refractivity contribution in [1.82, 2.24) is 0 Å². The lowest BCUT2D eigenvalue weighted by atomic mass is 9.98. The second-order valence-electron chi connectivity index (χ2n) is 4.52. The Morgan fingerprint density at radius 3 is 2.44 bits per heavy atom. The number of hydrogen-bond donors (Lipinski definition) is 1. The van der Waals surface area contributed by atoms with Crippen molar-refractivity contribution in [3.05, 3.63) is 35.9 Å². The van der Waals surface area contributed by atoms with E-state index in [9.17, 15) is 0 Å². The average molecular weight is 245 g/mol. The molecule has 0 heterocycles. The van der Waals surface area contributed by atoms with Gasteiger partial charge in [0, 0.05) is 11.4 Å². The first-order valence-electron chi connectivity index (χ1n) is 6.05. The highest BCUT2D eigenvalue weighted by atomic mass is 16.5. The molecule has 0 radical (unpaired) electrons. The third kappa shape index (κ3) is 2.41. The van der Waals surface area contributed by atoms with Gasteiger partial charge in [-0.25, -0.2) is 0 Å². The normalized spacial score (nSPS) is 12.4. The molecule has 0 aromatic heterocycles. The minimum absolute atomic E-state index is 0.132. The molecule has 2 N–H and O–H groups in total. The summed E-state index contributed by atoms with van der Waals surface area (Å²) in [6.45, 7) is 2.01. The van der Waals surface area contributed by atoms with Gasteiger partial charge in [-0.3, -0.25) is 0 Å². The smallest absolute Gasteiger partial charge is 0.126 e. The Balaban J connectivity index is 2.63. The van der Waals surface area contributed by atoms with Crippen LogP contribution < -0.4 is 15.2 Å². The number of fused-ring (bicyclic) bond motifs is 1. The van der Waals surface area contributed by atoms with Gasteiger partial charge in [0.25, 0.3) is 0 Å². The molecule has 2 aromatic carbocycles. The summed E-state index contributed by atoms with van der Waals surface area (Å²) in [5, 5.41) is 2.24. The first-order valence-corrected chi connectivity index (χ1v) is 6.05. The first kappa shape index (κ1) is 12.7. The van der Waals surface area contributed by atoms with Crippen LogP contribution in [0.2, 0.25) is 0 Å². The maximum Gasteiger partial charge on any atom is 0.126 e. The van der Waals surface area contributed by atoms with Gasteiger partial charge in [0.05, 0.1) is 14.2 Å². The topological polar surface area (TPSA) is 44.5 Å². The summed E-state index contributed by atoms with van der Waals surface area (Å²) >= 11 is 0. The highest BCUT2D eigenvalue weighted by molar-refractivity contribution is 5.92. The molecule has 1 atom stereocenters. The van der Waals surface area contributed by atoms with Crippen LogP contribution in [0.1, 0.15) is 12.5 Å². The lowest BCUT2D eigenvalue weighted by molar-refractivity contribution is 0.414. The van der Waals surface area contributed by atoms with Crippen molar-refractivity contribution in [2.45, 2.75) is 19.4 Å². The van der Waals surface area contributed by atoms with Crippen LogP contribution in [-0.2, 0) is 6.42 Å². The molecular formula is C15H19NO2. The highest BCUT2D eigenvalue weighted by Gasteiger charge is 2.09. The van der Waals surface area contributed by atoms with E-state index in [1.165, 1.54) is 5.56 Å². The van der Waals surface area contributed by atoms with E-state index in [1.54, 1.807) is 14.2 Å². The molecule has 0 aliphatic heterocycles. The summed E-state index contributed by atoms with van der Waals surface area (Å²) in [6, 6.07) is 10.2. The molecule has 1 unspecified atom stereocenters. The van der Waals surface area contributed by atoms with Gasteiger partial charge >= 0.3 is 0 Å². The molecule has 18 heavy (non-hydrogen) atoms. The van der Waals surface area contributed by atoms with Crippen LogP contribution in [0, 0.1) is 0 Å². The van der Waals surface area contributed by atoms with Gasteiger partial charge in [-0.2, -0.15) is 0 Å². The lowest BCUT2D eigenvalue weighted by Gasteiger charge is -2.13. The van der Waals surface area contributed by atoms with Crippen molar-refractivity contribution in [2.75, 3.05) is 14.2 Å². The van der Waals surface area contributed by atoms with Crippen molar-refractivity contribution in [2.24, 2.45) is 5.73 Å². The van der Waals surface area contributed by atoms with Gasteiger partial charge in [0.15, 0.2) is 0 Å². The minimum Gasteiger partial charge on any atom is -0.497 e. The fourth-order valence-corrected chi connectivity index (χ4v) is 2.19. The Labute approximate surface area is 108 Å². The summed E-state index contributed by atoms with van der Waals surface area (Å²) in [6.07, 6.45) is 0.841. The van der Waals surface area contributed by atoms with Gasteiger partial charge < -0.3 is 15.2 Å². The van der Waals surface area contributed by atoms with Gasteiger partial charge in [-0.1, -0.05) is 6.07 Å². The second kappa shape index (κ2) is 5.27. The summed E-state index contributed by atoms with van der Waals surface area (Å²) in [7, 11) is 3.36. The Bertz CT molecular complexity index is 549. The molecule has 96 valence electrons. The van der Waals surface area contributed by atoms with Gasteiger partial charge in [-0.05, 0) is 48.6 Å². The number of ether oxygens (including phenoxy) is 2. The average Bonchev–Trinajstić information content (AvgIpc) is 2.38. The van der Waals surface area contributed by atoms with Crippen molar-refractivity contribution >= 4 is 10.8 Å². The van der Waals surface area contributed by atoms with E-state index >= 15 is 0 Å². The van der Waals surface area contributed by atoms with E-state index in [4.69, 9.17) is 15.2 Å². The quantitative estimate of drug-likeness (QED) is 0.900. The molecule has 0 spiro atoms. The van der Waals surface area contributed by atoms with Crippen LogP contribution in [0.15, 0.2) is 30.3 Å². The molecule has 0 aliphatic rings. The molecular weight excluding hydrogens is 226 g/mol. The summed E-state index contributed by atoms with van der Waals surface area (Å²) in [5.41, 5.74) is 7.12. The number of benzene rings is 2. The van der Waals surface area contributed by atoms with Gasteiger partial charge in [-0.15, -0.1) is 0 Å². The molecule has 2 aromatic rings. The van der Waals surface area contributed by atoms with E-state index in [0.717, 1.165) is 28.7 Å². The molecule has 3 heteroatoms. The Kier molecular flexibility index (Phi) is 3.72. The lowest BCUT2D eigenvalue weighted by Crippen LogP contribution is -2.17. The SMILES string of the molecule is COc1ccc2c(OC)ccc(CC(C)N)c2c1. The largest absolute Gasteiger partial charge is 0.497 e. The summed E-state index contributed by atoms with van der Waals surface area (Å²) in [5.74, 6) is 1.72. The zero-order valence-corrected chi connectivity index (χ0v) is 11.1. The number of hydrogen-bond acceptors (Lipinski definition) is 3. The van der Waals surface area contributed by atoms with E-state index in [2.05, 4.69) is 6.07 Å². The predicted molar refractivity (Wildman–Crippen MR) is 74.4 cm³/mol. The maximum atomic E-state index is 5.89. The van der Waals surface area contributed by atoms with Crippen LogP contribution in [0.5, 0.6) is 11.5 Å². The molecule has 0 aliphatic carbocycles. The zero-order chi connectivity index (χ0) is 13.1. The van der Waals surface area contributed by atoms with E-state index in [0.29, 0.717) is 0 Å². The molecule has 0 fully saturated rings. The first-order chi connectivity index (χ1) is 8.65. The van der Waals surface area contributed by atoms with Gasteiger partial charge in [0.1, 0.15) is 11.5 Å². The molecule has 0 amide bonds. The van der Waals surface area contributed by atoms with Crippen molar-refractivity contribution < 1.29 is 9.47 Å². The van der Waals surface area contributed by atoms with Crippen molar-refractivity contribution in [3.8, 4) is 11.5 Å². The summed E-state index contributed by atoms with van der Waals surface area (Å²) < 4.78 is 10.7. The highest BCUT2D eigenvalue weighted by Crippen LogP contribution is 2.31. The van der Waals surface area contributed by atoms with E-state index in [-0.39, 0.29) is 6.04 Å². The molecule has 3 nitrogen and oxygen atoms in total. The van der Waals surface area contributed by atoms with Crippen LogP contribution in [0.3, 0.4) is 0 Å². The third-order valence-corrected chi connectivity index (χ3v) is 3.04. The number of nitrogens with two attached hydrogens (primary N) is 1. The Morgan fingerprint density at radius 1 is 1.06 bits per heavy atom. The summed E-state index contributed by atoms with van der Waals surface area (Å²) in [4.78, 5) is 0. The van der Waals surface area contributed by atoms with E-state index < -0.39 is 0 Å². The minimum atomic E-state index is 0.132. The van der Waals surface area contributed by atoms with Gasteiger partial charge in [0.2, 0.25) is 0 Å². The van der Waals surface area contributed by atoms with Crippen LogP contribution in [-0.4, -0.2) is 20.3 Å². The Morgan fingerprint density at radius 2 is 1.83 bits per heavy atom. The zero-order valence-electron chi connectivity index (χ0n) is 11.1. The van der Waals surface area contributed by atoms with Crippen molar-refractivity contribution in [3.63, 3.8) is 0 Å². The molecule has 0 saturated carbocycles. The fourth-order valence-electron chi connectivity index (χ4n) is 2.19. The maximum absolute atomic E-state index is 5.89. The molecule has 0 bridgehead atoms. The third-order valence-electron chi connectivity index (χ3n) is 3.04. The van der Waals surface area contributed by atoms with E-state index in [1.807, 2.05) is 31.2 Å². The molecule has 0 saturated heterocycles. The van der Waals surface area contributed by atoms with Crippen LogP contribution >= 0.6 is 0 Å². The second-order valence-corrected chi connectivity index (χ2v) is 4.52.